The monoisotopic (exact) mass is 338 g/mol. The number of thiophene rings is 1. The van der Waals surface area contributed by atoms with Gasteiger partial charge in [-0.3, -0.25) is 0 Å². The number of hydrogen-bond acceptors (Lipinski definition) is 3. The molecule has 102 valence electrons. The summed E-state index contributed by atoms with van der Waals surface area (Å²) in [5, 5.41) is 5.68. The van der Waals surface area contributed by atoms with E-state index in [1.807, 2.05) is 0 Å². The SMILES string of the molecule is CC(NCc1ccc(N(C)C)cc1)c1cc(Br)cs1. The molecule has 0 amide bonds. The molecule has 2 aromatic rings. The normalized spacial score (nSPS) is 12.4. The fourth-order valence-electron chi connectivity index (χ4n) is 1.84. The zero-order valence-electron chi connectivity index (χ0n) is 11.5. The standard InChI is InChI=1S/C15H19BrN2S/c1-11(15-8-13(16)10-19-15)17-9-12-4-6-14(7-5-12)18(2)3/h4-8,10-11,17H,9H2,1-3H3. The minimum atomic E-state index is 0.379. The van der Waals surface area contributed by atoms with Gasteiger partial charge in [0.05, 0.1) is 0 Å². The largest absolute Gasteiger partial charge is 0.378 e. The highest BCUT2D eigenvalue weighted by Gasteiger charge is 2.07. The molecule has 0 saturated carbocycles. The van der Waals surface area contributed by atoms with E-state index in [1.54, 1.807) is 11.3 Å². The van der Waals surface area contributed by atoms with Gasteiger partial charge in [-0.1, -0.05) is 12.1 Å². The number of halogens is 1. The van der Waals surface area contributed by atoms with Crippen molar-refractivity contribution in [2.45, 2.75) is 19.5 Å². The molecule has 0 aliphatic heterocycles. The van der Waals surface area contributed by atoms with Gasteiger partial charge in [-0.2, -0.15) is 0 Å². The van der Waals surface area contributed by atoms with Crippen molar-refractivity contribution in [3.63, 3.8) is 0 Å². The number of rotatable bonds is 5. The van der Waals surface area contributed by atoms with Gasteiger partial charge in [0.2, 0.25) is 0 Å². The van der Waals surface area contributed by atoms with E-state index in [4.69, 9.17) is 0 Å². The molecule has 0 spiro atoms. The Kier molecular flexibility index (Phi) is 5.02. The highest BCUT2D eigenvalue weighted by molar-refractivity contribution is 9.10. The first-order valence-electron chi connectivity index (χ1n) is 6.30. The maximum absolute atomic E-state index is 3.55. The average Bonchev–Trinajstić information content (AvgIpc) is 2.83. The van der Waals surface area contributed by atoms with Crippen LogP contribution in [0, 0.1) is 0 Å². The summed E-state index contributed by atoms with van der Waals surface area (Å²) in [5.41, 5.74) is 2.55. The van der Waals surface area contributed by atoms with Gasteiger partial charge < -0.3 is 10.2 Å². The molecule has 1 N–H and O–H groups in total. The van der Waals surface area contributed by atoms with Crippen LogP contribution in [0.15, 0.2) is 40.2 Å². The zero-order valence-corrected chi connectivity index (χ0v) is 13.9. The second-order valence-corrected chi connectivity index (χ2v) is 6.69. The molecule has 4 heteroatoms. The van der Waals surface area contributed by atoms with Crippen molar-refractivity contribution in [1.82, 2.24) is 5.32 Å². The van der Waals surface area contributed by atoms with E-state index >= 15 is 0 Å². The van der Waals surface area contributed by atoms with Crippen molar-refractivity contribution in [2.24, 2.45) is 0 Å². The quantitative estimate of drug-likeness (QED) is 0.867. The summed E-state index contributed by atoms with van der Waals surface area (Å²) < 4.78 is 1.16. The van der Waals surface area contributed by atoms with Crippen LogP contribution in [-0.4, -0.2) is 14.1 Å². The van der Waals surface area contributed by atoms with Crippen molar-refractivity contribution in [3.8, 4) is 0 Å². The summed E-state index contributed by atoms with van der Waals surface area (Å²) in [6.45, 7) is 3.09. The van der Waals surface area contributed by atoms with E-state index < -0.39 is 0 Å². The topological polar surface area (TPSA) is 15.3 Å². The van der Waals surface area contributed by atoms with Gasteiger partial charge in [-0.15, -0.1) is 11.3 Å². The van der Waals surface area contributed by atoms with E-state index in [2.05, 4.69) is 82.9 Å². The molecule has 1 aromatic heterocycles. The third kappa shape index (κ3) is 4.06. The Morgan fingerprint density at radius 2 is 1.95 bits per heavy atom. The molecule has 0 saturated heterocycles. The van der Waals surface area contributed by atoms with Crippen LogP contribution in [0.1, 0.15) is 23.4 Å². The van der Waals surface area contributed by atoms with Gasteiger partial charge in [0.25, 0.3) is 0 Å². The number of anilines is 1. The van der Waals surface area contributed by atoms with Crippen molar-refractivity contribution >= 4 is 33.0 Å². The lowest BCUT2D eigenvalue weighted by Crippen LogP contribution is -2.17. The lowest BCUT2D eigenvalue weighted by molar-refractivity contribution is 0.583. The van der Waals surface area contributed by atoms with Crippen LogP contribution >= 0.6 is 27.3 Å². The maximum atomic E-state index is 3.55. The molecular formula is C15H19BrN2S. The van der Waals surface area contributed by atoms with Crippen LogP contribution in [0.2, 0.25) is 0 Å². The Balaban J connectivity index is 1.91. The van der Waals surface area contributed by atoms with Crippen LogP contribution in [0.25, 0.3) is 0 Å². The Hall–Kier alpha value is -0.840. The summed E-state index contributed by atoms with van der Waals surface area (Å²) in [7, 11) is 4.12. The van der Waals surface area contributed by atoms with E-state index in [0.29, 0.717) is 6.04 Å². The minimum absolute atomic E-state index is 0.379. The van der Waals surface area contributed by atoms with E-state index in [1.165, 1.54) is 16.1 Å². The molecule has 0 aliphatic rings. The molecule has 1 aromatic carbocycles. The van der Waals surface area contributed by atoms with E-state index in [9.17, 15) is 0 Å². The highest BCUT2D eigenvalue weighted by atomic mass is 79.9. The Morgan fingerprint density at radius 1 is 1.26 bits per heavy atom. The Labute approximate surface area is 127 Å². The van der Waals surface area contributed by atoms with E-state index in [0.717, 1.165) is 11.0 Å². The lowest BCUT2D eigenvalue weighted by Gasteiger charge is -2.14. The molecule has 1 unspecified atom stereocenters. The maximum Gasteiger partial charge on any atom is 0.0389 e. The Bertz CT molecular complexity index is 519. The first-order chi connectivity index (χ1) is 9.06. The molecule has 2 nitrogen and oxygen atoms in total. The smallest absolute Gasteiger partial charge is 0.0389 e. The molecule has 2 rings (SSSR count). The highest BCUT2D eigenvalue weighted by Crippen LogP contribution is 2.25. The van der Waals surface area contributed by atoms with Crippen molar-refractivity contribution in [3.05, 3.63) is 50.6 Å². The summed E-state index contributed by atoms with van der Waals surface area (Å²) in [4.78, 5) is 3.47. The summed E-state index contributed by atoms with van der Waals surface area (Å²) in [6, 6.07) is 11.2. The molecule has 19 heavy (non-hydrogen) atoms. The molecule has 0 aliphatic carbocycles. The number of benzene rings is 1. The first kappa shape index (κ1) is 14.6. The van der Waals surface area contributed by atoms with Crippen molar-refractivity contribution in [2.75, 3.05) is 19.0 Å². The molecular weight excluding hydrogens is 320 g/mol. The van der Waals surface area contributed by atoms with Crippen LogP contribution in [0.3, 0.4) is 0 Å². The van der Waals surface area contributed by atoms with Crippen LogP contribution < -0.4 is 10.2 Å². The van der Waals surface area contributed by atoms with Gasteiger partial charge in [0, 0.05) is 47.1 Å². The average molecular weight is 339 g/mol. The summed E-state index contributed by atoms with van der Waals surface area (Å²) >= 11 is 5.28. The summed E-state index contributed by atoms with van der Waals surface area (Å²) in [5.74, 6) is 0. The van der Waals surface area contributed by atoms with Crippen LogP contribution in [0.5, 0.6) is 0 Å². The number of nitrogens with one attached hydrogen (secondary N) is 1. The summed E-state index contributed by atoms with van der Waals surface area (Å²) in [6.07, 6.45) is 0. The fourth-order valence-corrected chi connectivity index (χ4v) is 3.32. The first-order valence-corrected chi connectivity index (χ1v) is 7.97. The number of hydrogen-bond donors (Lipinski definition) is 1. The van der Waals surface area contributed by atoms with E-state index in [-0.39, 0.29) is 0 Å². The molecule has 0 fully saturated rings. The third-order valence-corrected chi connectivity index (χ3v) is 4.96. The van der Waals surface area contributed by atoms with Gasteiger partial charge in [0.15, 0.2) is 0 Å². The Morgan fingerprint density at radius 3 is 2.47 bits per heavy atom. The molecule has 1 atom stereocenters. The second-order valence-electron chi connectivity index (χ2n) is 4.83. The molecule has 0 radical (unpaired) electrons. The van der Waals surface area contributed by atoms with Gasteiger partial charge in [0.1, 0.15) is 0 Å². The van der Waals surface area contributed by atoms with Crippen molar-refractivity contribution in [1.29, 1.82) is 0 Å². The van der Waals surface area contributed by atoms with Crippen LogP contribution in [0.4, 0.5) is 5.69 Å². The van der Waals surface area contributed by atoms with Gasteiger partial charge >= 0.3 is 0 Å². The molecule has 1 heterocycles. The lowest BCUT2D eigenvalue weighted by atomic mass is 10.2. The molecule has 0 bridgehead atoms. The predicted molar refractivity (Wildman–Crippen MR) is 88.0 cm³/mol. The zero-order chi connectivity index (χ0) is 13.8. The number of nitrogens with zero attached hydrogens (tertiary/aromatic N) is 1. The van der Waals surface area contributed by atoms with Gasteiger partial charge in [-0.05, 0) is 46.6 Å². The third-order valence-electron chi connectivity index (χ3n) is 3.08. The fraction of sp³-hybridized carbons (Fsp3) is 0.333. The minimum Gasteiger partial charge on any atom is -0.378 e. The predicted octanol–water partition coefficient (Wildman–Crippen LogP) is 4.43. The van der Waals surface area contributed by atoms with Crippen LogP contribution in [-0.2, 0) is 6.54 Å². The van der Waals surface area contributed by atoms with Crippen molar-refractivity contribution < 1.29 is 0 Å². The van der Waals surface area contributed by atoms with Gasteiger partial charge in [-0.25, -0.2) is 0 Å². The second kappa shape index (κ2) is 6.55.